The van der Waals surface area contributed by atoms with Gasteiger partial charge in [-0.05, 0) is 72.0 Å². The summed E-state index contributed by atoms with van der Waals surface area (Å²) >= 11 is 0. The first-order valence-corrected chi connectivity index (χ1v) is 13.4. The lowest BCUT2D eigenvalue weighted by molar-refractivity contribution is 0.306. The molecule has 41 heavy (non-hydrogen) atoms. The second-order valence-electron chi connectivity index (χ2n) is 10.0. The van der Waals surface area contributed by atoms with Gasteiger partial charge in [-0.3, -0.25) is 4.79 Å². The molecule has 5 aromatic rings. The van der Waals surface area contributed by atoms with Crippen LogP contribution in [0.3, 0.4) is 0 Å². The molecule has 0 saturated heterocycles. The zero-order chi connectivity index (χ0) is 28.9. The van der Waals surface area contributed by atoms with Gasteiger partial charge in [0.05, 0.1) is 35.9 Å². The van der Waals surface area contributed by atoms with E-state index < -0.39 is 0 Å². The molecule has 0 atom stereocenters. The second-order valence-corrected chi connectivity index (χ2v) is 10.0. The summed E-state index contributed by atoms with van der Waals surface area (Å²) in [4.78, 5) is 18.6. The Balaban J connectivity index is 1.56. The molecular formula is C34H30N4O3. The molecule has 0 amide bonds. The van der Waals surface area contributed by atoms with Crippen molar-refractivity contribution in [1.29, 1.82) is 5.26 Å². The van der Waals surface area contributed by atoms with Crippen LogP contribution in [0.4, 0.5) is 0 Å². The molecule has 0 N–H and O–H groups in total. The van der Waals surface area contributed by atoms with E-state index in [1.165, 1.54) is 4.68 Å². The first-order chi connectivity index (χ1) is 19.9. The van der Waals surface area contributed by atoms with Crippen LogP contribution in [-0.2, 0) is 6.61 Å². The Morgan fingerprint density at radius 3 is 2.59 bits per heavy atom. The fourth-order valence-electron chi connectivity index (χ4n) is 4.70. The molecule has 0 radical (unpaired) electrons. The highest BCUT2D eigenvalue weighted by Gasteiger charge is 2.18. The van der Waals surface area contributed by atoms with Crippen molar-refractivity contribution in [3.8, 4) is 29.0 Å². The maximum atomic E-state index is 13.7. The number of aromatic nitrogens is 2. The van der Waals surface area contributed by atoms with E-state index in [2.05, 4.69) is 25.0 Å². The Kier molecular flexibility index (Phi) is 7.93. The molecule has 7 nitrogen and oxygen atoms in total. The van der Waals surface area contributed by atoms with Gasteiger partial charge < -0.3 is 9.47 Å². The lowest BCUT2D eigenvalue weighted by Crippen LogP contribution is -2.20. The van der Waals surface area contributed by atoms with Gasteiger partial charge in [-0.25, -0.2) is 4.98 Å². The van der Waals surface area contributed by atoms with Crippen LogP contribution >= 0.6 is 0 Å². The number of aryl methyl sites for hydroxylation is 1. The van der Waals surface area contributed by atoms with E-state index in [1.807, 2.05) is 79.7 Å². The minimum absolute atomic E-state index is 0.205. The molecule has 0 aliphatic heterocycles. The monoisotopic (exact) mass is 542 g/mol. The van der Waals surface area contributed by atoms with Crippen molar-refractivity contribution < 1.29 is 9.47 Å². The highest BCUT2D eigenvalue weighted by molar-refractivity contribution is 5.82. The van der Waals surface area contributed by atoms with Crippen molar-refractivity contribution in [2.75, 3.05) is 7.11 Å². The van der Waals surface area contributed by atoms with Gasteiger partial charge in [0.15, 0.2) is 5.82 Å². The first-order valence-electron chi connectivity index (χ1n) is 13.4. The smallest absolute Gasteiger partial charge is 0.282 e. The third kappa shape index (κ3) is 5.73. The zero-order valence-electron chi connectivity index (χ0n) is 23.5. The van der Waals surface area contributed by atoms with Gasteiger partial charge in [-0.15, -0.1) is 0 Å². The number of nitriles is 1. The summed E-state index contributed by atoms with van der Waals surface area (Å²) in [6, 6.07) is 28.3. The molecule has 5 rings (SSSR count). The number of para-hydroxylation sites is 1. The van der Waals surface area contributed by atoms with Crippen LogP contribution in [0.1, 0.15) is 47.6 Å². The lowest BCUT2D eigenvalue weighted by Gasteiger charge is -2.17. The molecular weight excluding hydrogens is 512 g/mol. The number of benzene rings is 4. The van der Waals surface area contributed by atoms with Crippen molar-refractivity contribution in [2.45, 2.75) is 33.3 Å². The summed E-state index contributed by atoms with van der Waals surface area (Å²) in [6.07, 6.45) is 1.62. The number of hydrogen-bond donors (Lipinski definition) is 0. The van der Waals surface area contributed by atoms with E-state index in [4.69, 9.17) is 14.5 Å². The van der Waals surface area contributed by atoms with Gasteiger partial charge in [0, 0.05) is 11.1 Å². The third-order valence-electron chi connectivity index (χ3n) is 6.91. The second kappa shape index (κ2) is 11.9. The maximum absolute atomic E-state index is 13.7. The molecule has 1 heterocycles. The van der Waals surface area contributed by atoms with Gasteiger partial charge in [0.25, 0.3) is 5.56 Å². The number of rotatable bonds is 8. The number of nitrogens with zero attached hydrogens (tertiary/aromatic N) is 4. The number of fused-ring (bicyclic) bond motifs is 1. The highest BCUT2D eigenvalue weighted by Crippen LogP contribution is 2.34. The predicted octanol–water partition coefficient (Wildman–Crippen LogP) is 6.84. The molecule has 0 bridgehead atoms. The Morgan fingerprint density at radius 1 is 1.02 bits per heavy atom. The Bertz CT molecular complexity index is 1870. The number of methoxy groups -OCH3 is 1. The lowest BCUT2D eigenvalue weighted by atomic mass is 9.96. The molecule has 1 aromatic heterocycles. The van der Waals surface area contributed by atoms with Crippen molar-refractivity contribution in [3.05, 3.63) is 123 Å². The fourth-order valence-corrected chi connectivity index (χ4v) is 4.70. The summed E-state index contributed by atoms with van der Waals surface area (Å²) in [5.74, 6) is 2.08. The highest BCUT2D eigenvalue weighted by atomic mass is 16.5. The van der Waals surface area contributed by atoms with Crippen LogP contribution in [0.5, 0.6) is 11.5 Å². The summed E-state index contributed by atoms with van der Waals surface area (Å²) < 4.78 is 13.0. The van der Waals surface area contributed by atoms with Crippen molar-refractivity contribution in [2.24, 2.45) is 5.10 Å². The van der Waals surface area contributed by atoms with Gasteiger partial charge in [-0.1, -0.05) is 56.3 Å². The zero-order valence-corrected chi connectivity index (χ0v) is 23.5. The Labute approximate surface area is 238 Å². The first kappa shape index (κ1) is 27.4. The average Bonchev–Trinajstić information content (AvgIpc) is 2.99. The normalized spacial score (nSPS) is 11.2. The molecule has 0 aliphatic carbocycles. The van der Waals surface area contributed by atoms with Crippen LogP contribution in [0.2, 0.25) is 0 Å². The van der Waals surface area contributed by atoms with E-state index in [-0.39, 0.29) is 18.1 Å². The van der Waals surface area contributed by atoms with Crippen LogP contribution in [0, 0.1) is 18.3 Å². The third-order valence-corrected chi connectivity index (χ3v) is 6.91. The van der Waals surface area contributed by atoms with Crippen molar-refractivity contribution >= 4 is 17.1 Å². The molecule has 0 saturated carbocycles. The molecule has 0 aliphatic rings. The largest absolute Gasteiger partial charge is 0.496 e. The fraction of sp³-hybridized carbons (Fsp3) is 0.176. The van der Waals surface area contributed by atoms with Gasteiger partial charge >= 0.3 is 0 Å². The average molecular weight is 543 g/mol. The summed E-state index contributed by atoms with van der Waals surface area (Å²) in [6.45, 7) is 6.44. The van der Waals surface area contributed by atoms with E-state index in [0.29, 0.717) is 28.0 Å². The SMILES string of the molecule is COc1cc(C)c(-c2nc3ccccc3c(=O)n2N=Cc2cccc(OCc3ccccc3C#N)c2)cc1C(C)C. The van der Waals surface area contributed by atoms with Crippen LogP contribution in [0.25, 0.3) is 22.3 Å². The van der Waals surface area contributed by atoms with Gasteiger partial charge in [-0.2, -0.15) is 15.0 Å². The van der Waals surface area contributed by atoms with E-state index >= 15 is 0 Å². The Morgan fingerprint density at radius 2 is 1.80 bits per heavy atom. The molecule has 0 unspecified atom stereocenters. The van der Waals surface area contributed by atoms with Crippen LogP contribution in [0.15, 0.2) is 94.8 Å². The minimum atomic E-state index is -0.260. The van der Waals surface area contributed by atoms with E-state index in [1.54, 1.807) is 25.5 Å². The summed E-state index contributed by atoms with van der Waals surface area (Å²) in [5.41, 5.74) is 5.23. The van der Waals surface area contributed by atoms with Crippen LogP contribution in [-0.4, -0.2) is 23.0 Å². The molecule has 0 spiro atoms. The van der Waals surface area contributed by atoms with Crippen molar-refractivity contribution in [1.82, 2.24) is 9.66 Å². The van der Waals surface area contributed by atoms with Gasteiger partial charge in [0.1, 0.15) is 18.1 Å². The van der Waals surface area contributed by atoms with Crippen LogP contribution < -0.4 is 15.0 Å². The van der Waals surface area contributed by atoms with E-state index in [0.717, 1.165) is 33.6 Å². The molecule has 4 aromatic carbocycles. The minimum Gasteiger partial charge on any atom is -0.496 e. The summed E-state index contributed by atoms with van der Waals surface area (Å²) in [7, 11) is 1.66. The molecule has 7 heteroatoms. The number of hydrogen-bond acceptors (Lipinski definition) is 6. The topological polar surface area (TPSA) is 89.5 Å². The van der Waals surface area contributed by atoms with E-state index in [9.17, 15) is 10.1 Å². The summed E-state index contributed by atoms with van der Waals surface area (Å²) in [5, 5.41) is 14.5. The predicted molar refractivity (Wildman–Crippen MR) is 162 cm³/mol. The van der Waals surface area contributed by atoms with Crippen molar-refractivity contribution in [3.63, 3.8) is 0 Å². The quantitative estimate of drug-likeness (QED) is 0.200. The Hall–Kier alpha value is -5.22. The van der Waals surface area contributed by atoms with Gasteiger partial charge in [0.2, 0.25) is 0 Å². The molecule has 204 valence electrons. The maximum Gasteiger partial charge on any atom is 0.282 e. The number of ether oxygens (including phenoxy) is 2. The standard InChI is InChI=1S/C34H30N4O3/c1-22(2)29-18-30(23(3)16-32(29)40-4)33-37-31-15-8-7-14-28(31)34(39)38(33)36-20-24-10-9-13-27(17-24)41-21-26-12-6-5-11-25(26)19-35/h5-18,20,22H,21H2,1-4H3. The molecule has 0 fully saturated rings.